The van der Waals surface area contributed by atoms with Gasteiger partial charge in [0, 0.05) is 25.4 Å². The number of aliphatic carboxylic acids is 1. The Morgan fingerprint density at radius 1 is 1.50 bits per heavy atom. The van der Waals surface area contributed by atoms with Crippen LogP contribution in [0.4, 0.5) is 5.82 Å². The summed E-state index contributed by atoms with van der Waals surface area (Å²) < 4.78 is 1.92. The predicted octanol–water partition coefficient (Wildman–Crippen LogP) is 2.42. The third kappa shape index (κ3) is 2.15. The lowest BCUT2D eigenvalue weighted by atomic mass is 9.92. The van der Waals surface area contributed by atoms with Crippen molar-refractivity contribution in [3.63, 3.8) is 0 Å². The maximum atomic E-state index is 10.8. The molecule has 0 atom stereocenters. The molecule has 5 heteroatoms. The Morgan fingerprint density at radius 3 is 2.95 bits per heavy atom. The predicted molar refractivity (Wildman–Crippen MR) is 77.9 cm³/mol. The molecule has 20 heavy (non-hydrogen) atoms. The van der Waals surface area contributed by atoms with Gasteiger partial charge in [0.2, 0.25) is 0 Å². The quantitative estimate of drug-likeness (QED) is 0.868. The van der Waals surface area contributed by atoms with Gasteiger partial charge >= 0.3 is 5.97 Å². The Balaban J connectivity index is 2.09. The third-order valence-electron chi connectivity index (χ3n) is 3.89. The van der Waals surface area contributed by atoms with E-state index in [-0.39, 0.29) is 0 Å². The van der Waals surface area contributed by atoms with Crippen molar-refractivity contribution in [2.24, 2.45) is 0 Å². The standard InChI is InChI=1S/C15H17N3O2/c1-17(11-5-4-6-11)15-12(8-9-14(19)20)18-10-3-2-7-13(18)16-15/h2-3,7-11H,4-6H2,1H3,(H,19,20)/b9-8+. The van der Waals surface area contributed by atoms with Gasteiger partial charge in [-0.15, -0.1) is 0 Å². The summed E-state index contributed by atoms with van der Waals surface area (Å²) in [6.45, 7) is 0. The minimum Gasteiger partial charge on any atom is -0.478 e. The topological polar surface area (TPSA) is 57.8 Å². The SMILES string of the molecule is CN(c1nc2ccccn2c1/C=C/C(=O)O)C1CCC1. The van der Waals surface area contributed by atoms with Crippen molar-refractivity contribution in [1.29, 1.82) is 0 Å². The van der Waals surface area contributed by atoms with Crippen molar-refractivity contribution >= 4 is 23.5 Å². The molecule has 1 aliphatic rings. The fraction of sp³-hybridized carbons (Fsp3) is 0.333. The van der Waals surface area contributed by atoms with E-state index in [9.17, 15) is 4.79 Å². The number of pyridine rings is 1. The molecule has 0 unspecified atom stereocenters. The van der Waals surface area contributed by atoms with Gasteiger partial charge in [-0.1, -0.05) is 6.07 Å². The van der Waals surface area contributed by atoms with Crippen LogP contribution in [0.3, 0.4) is 0 Å². The molecule has 1 N–H and O–H groups in total. The zero-order valence-corrected chi connectivity index (χ0v) is 11.4. The number of carboxylic acid groups (broad SMARTS) is 1. The first kappa shape index (κ1) is 12.7. The molecule has 0 amide bonds. The van der Waals surface area contributed by atoms with E-state index >= 15 is 0 Å². The number of aromatic nitrogens is 2. The molecule has 1 fully saturated rings. The summed E-state index contributed by atoms with van der Waals surface area (Å²) in [5, 5.41) is 8.85. The van der Waals surface area contributed by atoms with Crippen molar-refractivity contribution < 1.29 is 9.90 Å². The minimum atomic E-state index is -0.951. The maximum Gasteiger partial charge on any atom is 0.328 e. The molecule has 2 aromatic rings. The summed E-state index contributed by atoms with van der Waals surface area (Å²) >= 11 is 0. The molecule has 3 rings (SSSR count). The number of imidazole rings is 1. The smallest absolute Gasteiger partial charge is 0.328 e. The largest absolute Gasteiger partial charge is 0.478 e. The Kier molecular flexibility index (Phi) is 3.18. The number of rotatable bonds is 4. The zero-order valence-electron chi connectivity index (χ0n) is 11.4. The van der Waals surface area contributed by atoms with Gasteiger partial charge in [0.05, 0.1) is 5.69 Å². The monoisotopic (exact) mass is 271 g/mol. The fourth-order valence-corrected chi connectivity index (χ4v) is 2.51. The number of hydrogen-bond donors (Lipinski definition) is 1. The highest BCUT2D eigenvalue weighted by Crippen LogP contribution is 2.30. The molecule has 1 saturated carbocycles. The first-order valence-electron chi connectivity index (χ1n) is 6.78. The Hall–Kier alpha value is -2.30. The maximum absolute atomic E-state index is 10.8. The molecule has 0 radical (unpaired) electrons. The van der Waals surface area contributed by atoms with Crippen molar-refractivity contribution in [3.8, 4) is 0 Å². The van der Waals surface area contributed by atoms with Crippen molar-refractivity contribution in [2.45, 2.75) is 25.3 Å². The van der Waals surface area contributed by atoms with Crippen LogP contribution >= 0.6 is 0 Å². The second-order valence-electron chi connectivity index (χ2n) is 5.12. The molecule has 2 aromatic heterocycles. The van der Waals surface area contributed by atoms with Crippen LogP contribution in [0, 0.1) is 0 Å². The molecular formula is C15H17N3O2. The second kappa shape index (κ2) is 5.00. The zero-order chi connectivity index (χ0) is 14.1. The average Bonchev–Trinajstić information content (AvgIpc) is 2.72. The summed E-state index contributed by atoms with van der Waals surface area (Å²) in [6, 6.07) is 6.29. The van der Waals surface area contributed by atoms with Crippen LogP contribution in [0.2, 0.25) is 0 Å². The first-order chi connectivity index (χ1) is 9.66. The number of carboxylic acids is 1. The summed E-state index contributed by atoms with van der Waals surface area (Å²) in [5.74, 6) is -0.105. The van der Waals surface area contributed by atoms with Gasteiger partial charge in [0.25, 0.3) is 0 Å². The van der Waals surface area contributed by atoms with E-state index in [1.165, 1.54) is 19.3 Å². The summed E-state index contributed by atoms with van der Waals surface area (Å²) in [5.41, 5.74) is 1.65. The Labute approximate surface area is 117 Å². The van der Waals surface area contributed by atoms with E-state index in [1.807, 2.05) is 35.8 Å². The molecule has 0 aromatic carbocycles. The van der Waals surface area contributed by atoms with Gasteiger partial charge in [0.1, 0.15) is 5.65 Å². The van der Waals surface area contributed by atoms with Crippen LogP contribution in [-0.2, 0) is 4.79 Å². The lowest BCUT2D eigenvalue weighted by molar-refractivity contribution is -0.131. The highest BCUT2D eigenvalue weighted by atomic mass is 16.4. The highest BCUT2D eigenvalue weighted by Gasteiger charge is 2.25. The number of hydrogen-bond acceptors (Lipinski definition) is 3. The first-order valence-corrected chi connectivity index (χ1v) is 6.78. The van der Waals surface area contributed by atoms with E-state index in [1.54, 1.807) is 6.08 Å². The van der Waals surface area contributed by atoms with Gasteiger partial charge < -0.3 is 10.0 Å². The summed E-state index contributed by atoms with van der Waals surface area (Å²) in [7, 11) is 2.03. The van der Waals surface area contributed by atoms with Gasteiger partial charge in [-0.2, -0.15) is 0 Å². The molecule has 104 valence electrons. The third-order valence-corrected chi connectivity index (χ3v) is 3.89. The van der Waals surface area contributed by atoms with Gasteiger partial charge in [-0.3, -0.25) is 4.40 Å². The van der Waals surface area contributed by atoms with E-state index in [0.717, 1.165) is 23.2 Å². The minimum absolute atomic E-state index is 0.511. The van der Waals surface area contributed by atoms with Crippen LogP contribution in [0.5, 0.6) is 0 Å². The van der Waals surface area contributed by atoms with Gasteiger partial charge in [-0.25, -0.2) is 9.78 Å². The molecule has 2 heterocycles. The molecule has 5 nitrogen and oxygen atoms in total. The van der Waals surface area contributed by atoms with Crippen molar-refractivity contribution in [3.05, 3.63) is 36.2 Å². The summed E-state index contributed by atoms with van der Waals surface area (Å²) in [4.78, 5) is 17.6. The van der Waals surface area contributed by atoms with E-state index in [0.29, 0.717) is 6.04 Å². The molecule has 1 aliphatic carbocycles. The fourth-order valence-electron chi connectivity index (χ4n) is 2.51. The summed E-state index contributed by atoms with van der Waals surface area (Å²) in [6.07, 6.45) is 8.28. The van der Waals surface area contributed by atoms with Crippen molar-refractivity contribution in [1.82, 2.24) is 9.38 Å². The molecule has 0 spiro atoms. The van der Waals surface area contributed by atoms with Crippen LogP contribution in [-0.4, -0.2) is 33.6 Å². The van der Waals surface area contributed by atoms with Crippen LogP contribution in [0.25, 0.3) is 11.7 Å². The molecule has 0 aliphatic heterocycles. The molecular weight excluding hydrogens is 254 g/mol. The van der Waals surface area contributed by atoms with Crippen LogP contribution in [0.1, 0.15) is 25.0 Å². The lowest BCUT2D eigenvalue weighted by Gasteiger charge is -2.35. The normalized spacial score (nSPS) is 15.7. The van der Waals surface area contributed by atoms with Crippen molar-refractivity contribution in [2.75, 3.05) is 11.9 Å². The number of anilines is 1. The van der Waals surface area contributed by atoms with E-state index < -0.39 is 5.97 Å². The second-order valence-corrected chi connectivity index (χ2v) is 5.12. The van der Waals surface area contributed by atoms with E-state index in [2.05, 4.69) is 9.88 Å². The lowest BCUT2D eigenvalue weighted by Crippen LogP contribution is -2.37. The highest BCUT2D eigenvalue weighted by molar-refractivity contribution is 5.86. The average molecular weight is 271 g/mol. The van der Waals surface area contributed by atoms with Crippen LogP contribution in [0.15, 0.2) is 30.5 Å². The Bertz CT molecular complexity index is 671. The van der Waals surface area contributed by atoms with Gasteiger partial charge in [-0.05, 0) is 37.5 Å². The number of nitrogens with zero attached hydrogens (tertiary/aromatic N) is 3. The number of carbonyl (C=O) groups is 1. The molecule has 0 saturated heterocycles. The number of fused-ring (bicyclic) bond motifs is 1. The molecule has 0 bridgehead atoms. The Morgan fingerprint density at radius 2 is 2.30 bits per heavy atom. The van der Waals surface area contributed by atoms with Gasteiger partial charge in [0.15, 0.2) is 5.82 Å². The van der Waals surface area contributed by atoms with Crippen LogP contribution < -0.4 is 4.90 Å². The van der Waals surface area contributed by atoms with E-state index in [4.69, 9.17) is 5.11 Å².